The maximum absolute atomic E-state index is 12.6. The summed E-state index contributed by atoms with van der Waals surface area (Å²) in [5.41, 5.74) is 2.99. The Labute approximate surface area is 141 Å². The highest BCUT2D eigenvalue weighted by atomic mass is 16.5. The van der Waals surface area contributed by atoms with Crippen molar-refractivity contribution in [1.82, 2.24) is 0 Å². The van der Waals surface area contributed by atoms with Crippen LogP contribution in [0.5, 0.6) is 5.75 Å². The molecule has 0 atom stereocenters. The first-order valence-corrected chi connectivity index (χ1v) is 7.69. The van der Waals surface area contributed by atoms with Crippen molar-refractivity contribution >= 4 is 23.4 Å². The van der Waals surface area contributed by atoms with E-state index >= 15 is 0 Å². The van der Waals surface area contributed by atoms with Crippen LogP contribution in [0, 0.1) is 0 Å². The summed E-state index contributed by atoms with van der Waals surface area (Å²) in [5.74, 6) is 0.650. The molecular formula is C20H18N2O2. The highest BCUT2D eigenvalue weighted by molar-refractivity contribution is 6.32. The number of benzene rings is 2. The average molecular weight is 318 g/mol. The first-order valence-electron chi connectivity index (χ1n) is 7.69. The van der Waals surface area contributed by atoms with Crippen molar-refractivity contribution in [3.8, 4) is 5.75 Å². The Morgan fingerprint density at radius 2 is 1.83 bits per heavy atom. The second-order valence-corrected chi connectivity index (χ2v) is 5.36. The zero-order valence-electron chi connectivity index (χ0n) is 13.5. The van der Waals surface area contributed by atoms with Crippen LogP contribution in [0.4, 0.5) is 5.69 Å². The molecule has 0 saturated carbocycles. The first-order chi connectivity index (χ1) is 11.7. The van der Waals surface area contributed by atoms with Crippen molar-refractivity contribution in [3.05, 3.63) is 78.4 Å². The molecule has 0 N–H and O–H groups in total. The van der Waals surface area contributed by atoms with E-state index < -0.39 is 0 Å². The summed E-state index contributed by atoms with van der Waals surface area (Å²) in [6.07, 6.45) is 3.55. The Hall–Kier alpha value is -3.14. The van der Waals surface area contributed by atoms with E-state index in [9.17, 15) is 4.79 Å². The molecule has 120 valence electrons. The minimum absolute atomic E-state index is 0.120. The van der Waals surface area contributed by atoms with Gasteiger partial charge >= 0.3 is 0 Å². The van der Waals surface area contributed by atoms with Crippen LogP contribution in [0.2, 0.25) is 0 Å². The highest BCUT2D eigenvalue weighted by Gasteiger charge is 2.28. The molecule has 2 aromatic rings. The second kappa shape index (κ2) is 6.96. The molecule has 1 aliphatic heterocycles. The molecule has 0 aliphatic carbocycles. The molecule has 0 bridgehead atoms. The number of rotatable bonds is 5. The topological polar surface area (TPSA) is 41.9 Å². The zero-order chi connectivity index (χ0) is 16.9. The van der Waals surface area contributed by atoms with E-state index in [4.69, 9.17) is 4.74 Å². The fourth-order valence-corrected chi connectivity index (χ4v) is 2.41. The monoisotopic (exact) mass is 318 g/mol. The van der Waals surface area contributed by atoms with Crippen LogP contribution in [-0.4, -0.2) is 18.2 Å². The minimum atomic E-state index is -0.120. The molecule has 1 amide bonds. The summed E-state index contributed by atoms with van der Waals surface area (Å²) in [6, 6.07) is 17.0. The van der Waals surface area contributed by atoms with Gasteiger partial charge in [0.1, 0.15) is 12.4 Å². The summed E-state index contributed by atoms with van der Waals surface area (Å²) in [4.78, 5) is 12.6. The molecule has 0 fully saturated rings. The van der Waals surface area contributed by atoms with E-state index in [0.717, 1.165) is 17.0 Å². The van der Waals surface area contributed by atoms with Gasteiger partial charge in [0.05, 0.1) is 17.0 Å². The van der Waals surface area contributed by atoms with Crippen molar-refractivity contribution < 1.29 is 9.53 Å². The van der Waals surface area contributed by atoms with Crippen molar-refractivity contribution in [3.63, 3.8) is 0 Å². The maximum Gasteiger partial charge on any atom is 0.280 e. The second-order valence-electron chi connectivity index (χ2n) is 5.36. The zero-order valence-corrected chi connectivity index (χ0v) is 13.5. The number of anilines is 1. The van der Waals surface area contributed by atoms with Gasteiger partial charge in [-0.3, -0.25) is 4.79 Å². The summed E-state index contributed by atoms with van der Waals surface area (Å²) >= 11 is 0. The number of carbonyl (C=O) groups is 1. The van der Waals surface area contributed by atoms with Gasteiger partial charge in [-0.2, -0.15) is 10.1 Å². The fourth-order valence-electron chi connectivity index (χ4n) is 2.41. The largest absolute Gasteiger partial charge is 0.490 e. The van der Waals surface area contributed by atoms with Crippen molar-refractivity contribution in [2.45, 2.75) is 6.92 Å². The molecule has 0 radical (unpaired) electrons. The Balaban J connectivity index is 1.82. The van der Waals surface area contributed by atoms with E-state index in [1.54, 1.807) is 6.08 Å². The fraction of sp³-hybridized carbons (Fsp3) is 0.100. The molecule has 4 nitrogen and oxygen atoms in total. The summed E-state index contributed by atoms with van der Waals surface area (Å²) in [6.45, 7) is 5.93. The number of hydrazone groups is 1. The average Bonchev–Trinajstić information content (AvgIpc) is 2.90. The Morgan fingerprint density at radius 3 is 2.50 bits per heavy atom. The third kappa shape index (κ3) is 3.27. The molecule has 0 spiro atoms. The third-order valence-electron chi connectivity index (χ3n) is 3.62. The number of ether oxygens (including phenoxy) is 1. The maximum atomic E-state index is 12.6. The van der Waals surface area contributed by atoms with E-state index in [0.29, 0.717) is 17.9 Å². The van der Waals surface area contributed by atoms with Gasteiger partial charge in [0.25, 0.3) is 5.91 Å². The lowest BCUT2D eigenvalue weighted by molar-refractivity contribution is -0.114. The van der Waals surface area contributed by atoms with Crippen LogP contribution in [0.25, 0.3) is 6.08 Å². The Morgan fingerprint density at radius 1 is 1.12 bits per heavy atom. The predicted octanol–water partition coefficient (Wildman–Crippen LogP) is 4.06. The van der Waals surface area contributed by atoms with E-state index in [2.05, 4.69) is 11.7 Å². The number of hydrogen-bond acceptors (Lipinski definition) is 3. The van der Waals surface area contributed by atoms with Crippen molar-refractivity contribution in [1.29, 1.82) is 0 Å². The molecule has 0 saturated heterocycles. The first kappa shape index (κ1) is 15.7. The van der Waals surface area contributed by atoms with Crippen LogP contribution >= 0.6 is 0 Å². The van der Waals surface area contributed by atoms with Gasteiger partial charge in [-0.05, 0) is 42.8 Å². The highest BCUT2D eigenvalue weighted by Crippen LogP contribution is 2.25. The summed E-state index contributed by atoms with van der Waals surface area (Å²) in [7, 11) is 0. The summed E-state index contributed by atoms with van der Waals surface area (Å²) in [5, 5.41) is 5.81. The van der Waals surface area contributed by atoms with Gasteiger partial charge in [0.2, 0.25) is 0 Å². The molecule has 24 heavy (non-hydrogen) atoms. The van der Waals surface area contributed by atoms with Crippen LogP contribution in [0.3, 0.4) is 0 Å². The van der Waals surface area contributed by atoms with Crippen molar-refractivity contribution in [2.75, 3.05) is 11.6 Å². The van der Waals surface area contributed by atoms with Crippen LogP contribution in [-0.2, 0) is 4.79 Å². The number of nitrogens with zero attached hydrogens (tertiary/aromatic N) is 2. The van der Waals surface area contributed by atoms with E-state index in [1.807, 2.05) is 67.6 Å². The van der Waals surface area contributed by atoms with Crippen LogP contribution in [0.1, 0.15) is 12.5 Å². The minimum Gasteiger partial charge on any atom is -0.490 e. The number of carbonyl (C=O) groups excluding carboxylic acids is 1. The molecule has 0 aromatic heterocycles. The molecule has 0 unspecified atom stereocenters. The van der Waals surface area contributed by atoms with E-state index in [1.165, 1.54) is 5.01 Å². The van der Waals surface area contributed by atoms with Gasteiger partial charge < -0.3 is 4.74 Å². The Bertz CT molecular complexity index is 805. The molecular weight excluding hydrogens is 300 g/mol. The Kier molecular flexibility index (Phi) is 4.57. The summed E-state index contributed by atoms with van der Waals surface area (Å²) < 4.78 is 5.46. The molecule has 1 heterocycles. The van der Waals surface area contributed by atoms with Gasteiger partial charge in [-0.25, -0.2) is 0 Å². The van der Waals surface area contributed by atoms with Gasteiger partial charge in [0.15, 0.2) is 0 Å². The van der Waals surface area contributed by atoms with Gasteiger partial charge in [0, 0.05) is 0 Å². The number of para-hydroxylation sites is 1. The van der Waals surface area contributed by atoms with Gasteiger partial charge in [-0.1, -0.05) is 43.0 Å². The molecule has 1 aliphatic rings. The smallest absolute Gasteiger partial charge is 0.280 e. The van der Waals surface area contributed by atoms with E-state index in [-0.39, 0.29) is 5.91 Å². The molecule has 2 aromatic carbocycles. The van der Waals surface area contributed by atoms with Gasteiger partial charge in [-0.15, -0.1) is 0 Å². The number of amides is 1. The van der Waals surface area contributed by atoms with Crippen LogP contribution in [0.15, 0.2) is 77.9 Å². The lowest BCUT2D eigenvalue weighted by Crippen LogP contribution is -2.21. The number of hydrogen-bond donors (Lipinski definition) is 0. The van der Waals surface area contributed by atoms with Crippen LogP contribution < -0.4 is 9.75 Å². The normalized spacial score (nSPS) is 15.5. The molecule has 4 heteroatoms. The lowest BCUT2D eigenvalue weighted by atomic mass is 10.1. The lowest BCUT2D eigenvalue weighted by Gasteiger charge is -2.11. The third-order valence-corrected chi connectivity index (χ3v) is 3.62. The van der Waals surface area contributed by atoms with Crippen molar-refractivity contribution in [2.24, 2.45) is 5.10 Å². The molecule has 3 rings (SSSR count). The predicted molar refractivity (Wildman–Crippen MR) is 97.1 cm³/mol. The SMILES string of the molecule is C=CCOc1ccc(/C=C2\C(=O)N(c3ccccc3)N=C2C)cc1. The quantitative estimate of drug-likeness (QED) is 0.616. The standard InChI is InChI=1S/C20H18N2O2/c1-3-13-24-18-11-9-16(10-12-18)14-19-15(2)21-22(20(19)23)17-7-5-4-6-8-17/h3-12,14H,1,13H2,2H3/b19-14-.